The van der Waals surface area contributed by atoms with Gasteiger partial charge in [0.25, 0.3) is 10.1 Å². The van der Waals surface area contributed by atoms with Gasteiger partial charge in [-0.05, 0) is 85.4 Å². The second kappa shape index (κ2) is 10.1. The Morgan fingerprint density at radius 3 is 2.44 bits per heavy atom. The predicted octanol–water partition coefficient (Wildman–Crippen LogP) is 4.45. The van der Waals surface area contributed by atoms with Crippen LogP contribution in [-0.2, 0) is 24.5 Å². The summed E-state index contributed by atoms with van der Waals surface area (Å²) in [5.41, 5.74) is 0.169. The van der Waals surface area contributed by atoms with E-state index in [-0.39, 0.29) is 41.0 Å². The first-order valence-corrected chi connectivity index (χ1v) is 15.7. The summed E-state index contributed by atoms with van der Waals surface area (Å²) in [4.78, 5) is 38.6. The molecule has 4 aliphatic rings. The number of carbonyl (C=O) groups excluding carboxylic acids is 3. The van der Waals surface area contributed by atoms with Gasteiger partial charge >= 0.3 is 0 Å². The highest BCUT2D eigenvalue weighted by Gasteiger charge is 2.65. The summed E-state index contributed by atoms with van der Waals surface area (Å²) in [6.07, 6.45) is 8.37. The number of carbonyl (C=O) groups is 3. The van der Waals surface area contributed by atoms with Crippen molar-refractivity contribution in [2.45, 2.75) is 91.9 Å². The molecule has 0 aromatic rings. The number of nitrogens with one attached hydrogen (secondary N) is 1. The number of ketones is 2. The van der Waals surface area contributed by atoms with Crippen molar-refractivity contribution < 1.29 is 27.4 Å². The molecular weight excluding hydrogens is 478 g/mol. The maximum Gasteiger partial charge on any atom is 0.266 e. The van der Waals surface area contributed by atoms with Gasteiger partial charge < -0.3 is 5.32 Å². The topological polar surface area (TPSA) is 118 Å². The van der Waals surface area contributed by atoms with E-state index >= 15 is 0 Å². The molecule has 0 radical (unpaired) electrons. The average Bonchev–Trinajstić information content (AvgIpc) is 3.15. The van der Waals surface area contributed by atoms with Crippen LogP contribution in [0.5, 0.6) is 0 Å². The standard InChI is InChI=1S/C28H45NO6S/c1-5-19-23-16-18(30)10-12-28(23,4)22-11-13-27(3)20(7-8-21(27)25(22)26(19)32)17(2)6-9-24(31)29-14-15-36(33,34)35/h17,19-23,25H,5-16H2,1-4H3,(H,29,31)(H,33,34,35). The molecule has 8 heteroatoms. The summed E-state index contributed by atoms with van der Waals surface area (Å²) in [5, 5.41) is 2.59. The minimum atomic E-state index is -4.08. The summed E-state index contributed by atoms with van der Waals surface area (Å²) < 4.78 is 30.6. The monoisotopic (exact) mass is 523 g/mol. The van der Waals surface area contributed by atoms with E-state index in [4.69, 9.17) is 4.55 Å². The molecule has 2 N–H and O–H groups in total. The van der Waals surface area contributed by atoms with Gasteiger partial charge in [0, 0.05) is 37.6 Å². The first-order chi connectivity index (χ1) is 16.8. The van der Waals surface area contributed by atoms with Gasteiger partial charge in [-0.15, -0.1) is 0 Å². The fourth-order valence-corrected chi connectivity index (χ4v) is 9.75. The van der Waals surface area contributed by atoms with Crippen LogP contribution in [0.1, 0.15) is 91.9 Å². The average molecular weight is 524 g/mol. The Morgan fingerprint density at radius 1 is 1.08 bits per heavy atom. The number of rotatable bonds is 8. The van der Waals surface area contributed by atoms with Crippen LogP contribution in [0.15, 0.2) is 0 Å². The number of Topliss-reactive ketones (excluding diaryl/α,β-unsaturated/α-hetero) is 2. The third-order valence-electron chi connectivity index (χ3n) is 11.2. The molecule has 0 aromatic heterocycles. The van der Waals surface area contributed by atoms with Crippen LogP contribution >= 0.6 is 0 Å². The van der Waals surface area contributed by atoms with Crippen LogP contribution in [0.25, 0.3) is 0 Å². The number of amides is 1. The first-order valence-electron chi connectivity index (χ1n) is 14.1. The van der Waals surface area contributed by atoms with Crippen LogP contribution in [0, 0.1) is 52.3 Å². The Labute approximate surface area is 216 Å². The summed E-state index contributed by atoms with van der Waals surface area (Å²) in [6.45, 7) is 9.03. The van der Waals surface area contributed by atoms with E-state index in [0.717, 1.165) is 44.9 Å². The van der Waals surface area contributed by atoms with Gasteiger partial charge in [0.1, 0.15) is 11.6 Å². The molecule has 4 aliphatic carbocycles. The summed E-state index contributed by atoms with van der Waals surface area (Å²) in [7, 11) is -4.08. The van der Waals surface area contributed by atoms with Gasteiger partial charge in [-0.2, -0.15) is 8.42 Å². The van der Waals surface area contributed by atoms with Crippen molar-refractivity contribution in [1.29, 1.82) is 0 Å². The minimum absolute atomic E-state index is 0.00533. The van der Waals surface area contributed by atoms with Crippen LogP contribution < -0.4 is 5.32 Å². The fourth-order valence-electron chi connectivity index (χ4n) is 9.39. The SMILES string of the molecule is CCC1C(=O)C2C3CCC(C(C)CCC(=O)NCCS(=O)(=O)O)C3(C)CCC2C2(C)CCC(=O)CC12. The largest absolute Gasteiger partial charge is 0.355 e. The lowest BCUT2D eigenvalue weighted by molar-refractivity contribution is -0.169. The molecule has 0 heterocycles. The van der Waals surface area contributed by atoms with E-state index < -0.39 is 15.9 Å². The Balaban J connectivity index is 1.45. The highest BCUT2D eigenvalue weighted by molar-refractivity contribution is 7.85. The molecular formula is C28H45NO6S. The van der Waals surface area contributed by atoms with Crippen molar-refractivity contribution in [2.24, 2.45) is 52.3 Å². The van der Waals surface area contributed by atoms with Crippen LogP contribution in [0.4, 0.5) is 0 Å². The summed E-state index contributed by atoms with van der Waals surface area (Å²) in [6, 6.07) is 0. The van der Waals surface area contributed by atoms with Crippen LogP contribution in [-0.4, -0.2) is 42.7 Å². The molecule has 36 heavy (non-hydrogen) atoms. The van der Waals surface area contributed by atoms with Gasteiger partial charge in [-0.3, -0.25) is 18.9 Å². The zero-order valence-electron chi connectivity index (χ0n) is 22.4. The lowest BCUT2D eigenvalue weighted by atomic mass is 9.42. The van der Waals surface area contributed by atoms with E-state index in [1.165, 1.54) is 0 Å². The van der Waals surface area contributed by atoms with Crippen molar-refractivity contribution >= 4 is 27.6 Å². The van der Waals surface area contributed by atoms with E-state index in [0.29, 0.717) is 54.5 Å². The van der Waals surface area contributed by atoms with E-state index in [1.54, 1.807) is 0 Å². The number of hydrogen-bond acceptors (Lipinski definition) is 5. The smallest absolute Gasteiger partial charge is 0.266 e. The molecule has 9 unspecified atom stereocenters. The maximum atomic E-state index is 14.0. The molecule has 0 bridgehead atoms. The van der Waals surface area contributed by atoms with Crippen molar-refractivity contribution in [1.82, 2.24) is 5.32 Å². The zero-order valence-corrected chi connectivity index (χ0v) is 23.2. The van der Waals surface area contributed by atoms with Crippen LogP contribution in [0.3, 0.4) is 0 Å². The van der Waals surface area contributed by atoms with Crippen LogP contribution in [0.2, 0.25) is 0 Å². The third kappa shape index (κ3) is 4.93. The molecule has 4 fully saturated rings. The molecule has 0 aromatic carbocycles. The molecule has 1 amide bonds. The fraction of sp³-hybridized carbons (Fsp3) is 0.893. The van der Waals surface area contributed by atoms with Gasteiger partial charge in [0.2, 0.25) is 5.91 Å². The molecule has 0 saturated heterocycles. The molecule has 0 spiro atoms. The maximum absolute atomic E-state index is 14.0. The van der Waals surface area contributed by atoms with E-state index in [9.17, 15) is 22.8 Å². The normalized spacial score (nSPS) is 41.2. The Bertz CT molecular complexity index is 994. The first kappa shape index (κ1) is 27.7. The van der Waals surface area contributed by atoms with Gasteiger partial charge in [-0.1, -0.05) is 27.7 Å². The van der Waals surface area contributed by atoms with Crippen molar-refractivity contribution in [3.8, 4) is 0 Å². The minimum Gasteiger partial charge on any atom is -0.355 e. The molecule has 7 nitrogen and oxygen atoms in total. The predicted molar refractivity (Wildman–Crippen MR) is 138 cm³/mol. The summed E-state index contributed by atoms with van der Waals surface area (Å²) in [5.74, 6) is 1.97. The second-order valence-corrected chi connectivity index (χ2v) is 14.5. The Hall–Kier alpha value is -1.28. The highest BCUT2D eigenvalue weighted by atomic mass is 32.2. The molecule has 9 atom stereocenters. The lowest BCUT2D eigenvalue weighted by Gasteiger charge is -2.61. The van der Waals surface area contributed by atoms with Gasteiger partial charge in [0.05, 0.1) is 5.75 Å². The number of fused-ring (bicyclic) bond motifs is 5. The second-order valence-electron chi connectivity index (χ2n) is 12.9. The Kier molecular flexibility index (Phi) is 7.80. The molecule has 204 valence electrons. The molecule has 0 aliphatic heterocycles. The van der Waals surface area contributed by atoms with Crippen molar-refractivity contribution in [3.05, 3.63) is 0 Å². The quantitative estimate of drug-likeness (QED) is 0.454. The molecule has 4 rings (SSSR count). The van der Waals surface area contributed by atoms with E-state index in [2.05, 4.69) is 33.0 Å². The molecule has 4 saturated carbocycles. The zero-order chi connectivity index (χ0) is 26.5. The summed E-state index contributed by atoms with van der Waals surface area (Å²) >= 11 is 0. The lowest BCUT2D eigenvalue weighted by Crippen LogP contribution is -2.60. The van der Waals surface area contributed by atoms with Gasteiger partial charge in [0.15, 0.2) is 0 Å². The van der Waals surface area contributed by atoms with E-state index in [1.807, 2.05) is 0 Å². The Morgan fingerprint density at radius 2 is 1.78 bits per heavy atom. The van der Waals surface area contributed by atoms with Gasteiger partial charge in [-0.25, -0.2) is 0 Å². The third-order valence-corrected chi connectivity index (χ3v) is 12.0. The van der Waals surface area contributed by atoms with Crippen molar-refractivity contribution in [3.63, 3.8) is 0 Å². The van der Waals surface area contributed by atoms with Crippen molar-refractivity contribution in [2.75, 3.05) is 12.3 Å². The highest BCUT2D eigenvalue weighted by Crippen LogP contribution is 2.68. The number of hydrogen-bond donors (Lipinski definition) is 2.